The second kappa shape index (κ2) is 6.30. The predicted molar refractivity (Wildman–Crippen MR) is 100 cm³/mol. The van der Waals surface area contributed by atoms with Crippen LogP contribution in [0.5, 0.6) is 5.75 Å². The van der Waals surface area contributed by atoms with Gasteiger partial charge in [-0.3, -0.25) is 4.79 Å². The SMILES string of the molecule is CCOC(=O)C1CCC(C#N)(c2ccc(O)c3oc(C4(C)CC4)cc23)CC1. The molecule has 142 valence electrons. The number of hydrogen-bond donors (Lipinski definition) is 1. The number of rotatable bonds is 4. The molecule has 2 aromatic rings. The average molecular weight is 367 g/mol. The summed E-state index contributed by atoms with van der Waals surface area (Å²) in [5, 5.41) is 21.2. The zero-order chi connectivity index (χ0) is 19.2. The van der Waals surface area contributed by atoms with E-state index in [1.807, 2.05) is 19.1 Å². The van der Waals surface area contributed by atoms with Gasteiger partial charge in [-0.15, -0.1) is 0 Å². The van der Waals surface area contributed by atoms with Gasteiger partial charge in [-0.2, -0.15) is 5.26 Å². The molecule has 5 heteroatoms. The largest absolute Gasteiger partial charge is 0.504 e. The number of benzene rings is 1. The lowest BCUT2D eigenvalue weighted by Gasteiger charge is -2.34. The molecule has 0 radical (unpaired) electrons. The lowest BCUT2D eigenvalue weighted by Crippen LogP contribution is -2.33. The number of carbonyl (C=O) groups excluding carboxylic acids is 1. The van der Waals surface area contributed by atoms with E-state index in [1.54, 1.807) is 6.07 Å². The molecule has 0 atom stereocenters. The van der Waals surface area contributed by atoms with Gasteiger partial charge in [0.25, 0.3) is 0 Å². The van der Waals surface area contributed by atoms with E-state index >= 15 is 0 Å². The Labute approximate surface area is 158 Å². The van der Waals surface area contributed by atoms with Gasteiger partial charge in [-0.25, -0.2) is 0 Å². The van der Waals surface area contributed by atoms with Gasteiger partial charge in [0.15, 0.2) is 11.3 Å². The molecular formula is C22H25NO4. The molecule has 1 aromatic heterocycles. The molecule has 4 rings (SSSR count). The summed E-state index contributed by atoms with van der Waals surface area (Å²) in [6.07, 6.45) is 4.63. The zero-order valence-electron chi connectivity index (χ0n) is 15.9. The van der Waals surface area contributed by atoms with Crippen LogP contribution in [0, 0.1) is 17.2 Å². The van der Waals surface area contributed by atoms with Crippen molar-refractivity contribution in [1.29, 1.82) is 5.26 Å². The van der Waals surface area contributed by atoms with Gasteiger partial charge in [0.2, 0.25) is 0 Å². The summed E-state index contributed by atoms with van der Waals surface area (Å²) in [7, 11) is 0. The monoisotopic (exact) mass is 367 g/mol. The Morgan fingerprint density at radius 1 is 1.33 bits per heavy atom. The number of phenolic OH excluding ortho intramolecular Hbond substituents is 1. The highest BCUT2D eigenvalue weighted by atomic mass is 16.5. The van der Waals surface area contributed by atoms with Crippen molar-refractivity contribution in [3.05, 3.63) is 29.5 Å². The second-order valence-corrected chi connectivity index (χ2v) is 8.27. The van der Waals surface area contributed by atoms with Gasteiger partial charge in [0, 0.05) is 10.8 Å². The van der Waals surface area contributed by atoms with Gasteiger partial charge in [0.1, 0.15) is 5.76 Å². The molecule has 1 heterocycles. The van der Waals surface area contributed by atoms with Crippen LogP contribution in [0.1, 0.15) is 63.7 Å². The number of nitrogens with zero attached hydrogens (tertiary/aromatic N) is 1. The number of fused-ring (bicyclic) bond motifs is 1. The van der Waals surface area contributed by atoms with Crippen LogP contribution in [0.3, 0.4) is 0 Å². The molecule has 0 unspecified atom stereocenters. The van der Waals surface area contributed by atoms with Crippen molar-refractivity contribution in [3.8, 4) is 11.8 Å². The number of nitriles is 1. The van der Waals surface area contributed by atoms with Crippen molar-refractivity contribution in [2.24, 2.45) is 5.92 Å². The van der Waals surface area contributed by atoms with Gasteiger partial charge >= 0.3 is 5.97 Å². The molecule has 0 spiro atoms. The Hall–Kier alpha value is -2.48. The van der Waals surface area contributed by atoms with Crippen LogP contribution in [0.15, 0.2) is 22.6 Å². The number of ether oxygens (including phenoxy) is 1. The first-order chi connectivity index (χ1) is 12.9. The molecule has 5 nitrogen and oxygen atoms in total. The molecule has 2 saturated carbocycles. The number of aromatic hydroxyl groups is 1. The van der Waals surface area contributed by atoms with Crippen molar-refractivity contribution in [3.63, 3.8) is 0 Å². The Morgan fingerprint density at radius 2 is 2.04 bits per heavy atom. The van der Waals surface area contributed by atoms with Crippen LogP contribution in [-0.4, -0.2) is 17.7 Å². The molecule has 0 saturated heterocycles. The average Bonchev–Trinajstić information content (AvgIpc) is 3.25. The fourth-order valence-electron chi connectivity index (χ4n) is 4.31. The normalized spacial score (nSPS) is 26.5. The minimum Gasteiger partial charge on any atom is -0.504 e. The Morgan fingerprint density at radius 3 is 2.63 bits per heavy atom. The highest BCUT2D eigenvalue weighted by molar-refractivity contribution is 5.88. The van der Waals surface area contributed by atoms with E-state index in [0.29, 0.717) is 37.9 Å². The van der Waals surface area contributed by atoms with Gasteiger partial charge in [-0.1, -0.05) is 13.0 Å². The summed E-state index contributed by atoms with van der Waals surface area (Å²) < 4.78 is 11.2. The van der Waals surface area contributed by atoms with Crippen molar-refractivity contribution in [2.75, 3.05) is 6.61 Å². The summed E-state index contributed by atoms with van der Waals surface area (Å²) in [6.45, 7) is 4.35. The molecule has 0 bridgehead atoms. The molecule has 2 aliphatic rings. The third-order valence-electron chi connectivity index (χ3n) is 6.45. The van der Waals surface area contributed by atoms with Crippen LogP contribution < -0.4 is 0 Å². The van der Waals surface area contributed by atoms with E-state index in [-0.39, 0.29) is 23.1 Å². The second-order valence-electron chi connectivity index (χ2n) is 8.27. The summed E-state index contributed by atoms with van der Waals surface area (Å²) in [6, 6.07) is 8.00. The van der Waals surface area contributed by atoms with E-state index in [9.17, 15) is 15.2 Å². The zero-order valence-corrected chi connectivity index (χ0v) is 15.9. The molecule has 27 heavy (non-hydrogen) atoms. The van der Waals surface area contributed by atoms with Crippen LogP contribution in [0.2, 0.25) is 0 Å². The number of hydrogen-bond acceptors (Lipinski definition) is 5. The molecule has 2 fully saturated rings. The minimum absolute atomic E-state index is 0.0457. The molecule has 1 aromatic carbocycles. The van der Waals surface area contributed by atoms with Crippen LogP contribution >= 0.6 is 0 Å². The third kappa shape index (κ3) is 2.88. The first-order valence-electron chi connectivity index (χ1n) is 9.77. The van der Waals surface area contributed by atoms with E-state index in [2.05, 4.69) is 13.0 Å². The smallest absolute Gasteiger partial charge is 0.308 e. The first kappa shape index (κ1) is 17.9. The number of carbonyl (C=O) groups is 1. The Bertz CT molecular complexity index is 924. The molecule has 1 N–H and O–H groups in total. The summed E-state index contributed by atoms with van der Waals surface area (Å²) in [4.78, 5) is 12.1. The fourth-order valence-corrected chi connectivity index (χ4v) is 4.31. The van der Waals surface area contributed by atoms with Gasteiger partial charge in [-0.05, 0) is 63.1 Å². The van der Waals surface area contributed by atoms with Crippen molar-refractivity contribution >= 4 is 16.9 Å². The third-order valence-corrected chi connectivity index (χ3v) is 6.45. The Balaban J connectivity index is 1.70. The first-order valence-corrected chi connectivity index (χ1v) is 9.77. The highest BCUT2D eigenvalue weighted by Gasteiger charge is 2.44. The lowest BCUT2D eigenvalue weighted by molar-refractivity contribution is -0.149. The van der Waals surface area contributed by atoms with E-state index in [1.165, 1.54) is 0 Å². The van der Waals surface area contributed by atoms with Crippen LogP contribution in [0.25, 0.3) is 11.0 Å². The Kier molecular flexibility index (Phi) is 4.18. The fraction of sp³-hybridized carbons (Fsp3) is 0.545. The van der Waals surface area contributed by atoms with Crippen molar-refractivity contribution < 1.29 is 19.1 Å². The maximum Gasteiger partial charge on any atom is 0.308 e. The number of esters is 1. The van der Waals surface area contributed by atoms with Crippen molar-refractivity contribution in [2.45, 2.75) is 63.2 Å². The van der Waals surface area contributed by atoms with Gasteiger partial charge < -0.3 is 14.3 Å². The molecule has 0 aliphatic heterocycles. The van der Waals surface area contributed by atoms with Crippen molar-refractivity contribution in [1.82, 2.24) is 0 Å². The summed E-state index contributed by atoms with van der Waals surface area (Å²) in [5.74, 6) is 0.697. The molecule has 2 aliphatic carbocycles. The number of phenols is 1. The van der Waals surface area contributed by atoms with Crippen LogP contribution in [-0.2, 0) is 20.4 Å². The quantitative estimate of drug-likeness (QED) is 0.792. The van der Waals surface area contributed by atoms with E-state index in [4.69, 9.17) is 9.15 Å². The maximum atomic E-state index is 12.1. The minimum atomic E-state index is -0.666. The molecule has 0 amide bonds. The highest BCUT2D eigenvalue weighted by Crippen LogP contribution is 2.52. The topological polar surface area (TPSA) is 83.5 Å². The van der Waals surface area contributed by atoms with Gasteiger partial charge in [0.05, 0.1) is 24.0 Å². The van der Waals surface area contributed by atoms with E-state index < -0.39 is 5.41 Å². The predicted octanol–water partition coefficient (Wildman–Crippen LogP) is 4.70. The maximum absolute atomic E-state index is 12.1. The van der Waals surface area contributed by atoms with E-state index in [0.717, 1.165) is 29.6 Å². The summed E-state index contributed by atoms with van der Waals surface area (Å²) >= 11 is 0. The molecular weight excluding hydrogens is 342 g/mol. The standard InChI is InChI=1S/C22H25NO4/c1-3-26-20(25)14-6-8-22(13-23,9-7-14)16-4-5-17(24)19-15(16)12-18(27-19)21(2)10-11-21/h4-5,12,14,24H,3,6-11H2,1-2H3. The summed E-state index contributed by atoms with van der Waals surface area (Å²) in [5.41, 5.74) is 0.752. The lowest BCUT2D eigenvalue weighted by atomic mass is 9.67. The number of furan rings is 1. The van der Waals surface area contributed by atoms with Crippen LogP contribution in [0.4, 0.5) is 0 Å².